The first kappa shape index (κ1) is 8.16. The third-order valence-electron chi connectivity index (χ3n) is 1.74. The first-order valence-corrected chi connectivity index (χ1v) is 3.48. The lowest BCUT2D eigenvalue weighted by molar-refractivity contribution is 0.506. The normalized spacial score (nSPS) is 11.1. The Morgan fingerprint density at radius 1 is 1.08 bits per heavy atom. The number of halogens is 3. The number of fused-ring (bicyclic) bond motifs is 1. The van der Waals surface area contributed by atoms with Gasteiger partial charge in [-0.1, -0.05) is 0 Å². The summed E-state index contributed by atoms with van der Waals surface area (Å²) in [4.78, 5) is 0. The van der Waals surface area contributed by atoms with Gasteiger partial charge < -0.3 is 4.42 Å². The van der Waals surface area contributed by atoms with Crippen LogP contribution in [0.4, 0.5) is 13.2 Å². The van der Waals surface area contributed by atoms with Crippen LogP contribution in [0.5, 0.6) is 0 Å². The summed E-state index contributed by atoms with van der Waals surface area (Å²) in [5.41, 5.74) is -0.0404. The van der Waals surface area contributed by atoms with Crippen LogP contribution in [0.15, 0.2) is 16.5 Å². The predicted molar refractivity (Wildman–Crippen MR) is 40.5 cm³/mol. The van der Waals surface area contributed by atoms with Crippen molar-refractivity contribution in [2.45, 2.75) is 0 Å². The molecule has 0 aliphatic rings. The van der Waals surface area contributed by atoms with Crippen LogP contribution in [0.1, 0.15) is 5.76 Å². The minimum absolute atomic E-state index is 0.0404. The van der Waals surface area contributed by atoms with E-state index in [9.17, 15) is 13.2 Å². The fourth-order valence-corrected chi connectivity index (χ4v) is 1.11. The fraction of sp³-hybridized carbons (Fsp3) is 0. The van der Waals surface area contributed by atoms with E-state index in [2.05, 4.69) is 6.92 Å². The molecule has 0 unspecified atom stereocenters. The fourth-order valence-electron chi connectivity index (χ4n) is 1.11. The SMILES string of the molecule is [CH2]c1oc2cc(F)c(F)cc2c1F. The third kappa shape index (κ3) is 1.09. The first-order valence-electron chi connectivity index (χ1n) is 3.48. The molecule has 2 rings (SSSR count). The Kier molecular flexibility index (Phi) is 1.58. The second kappa shape index (κ2) is 2.52. The molecule has 1 aromatic carbocycles. The highest BCUT2D eigenvalue weighted by Gasteiger charge is 2.13. The lowest BCUT2D eigenvalue weighted by Crippen LogP contribution is -1.82. The highest BCUT2D eigenvalue weighted by Crippen LogP contribution is 2.25. The zero-order valence-corrected chi connectivity index (χ0v) is 6.40. The van der Waals surface area contributed by atoms with E-state index in [1.807, 2.05) is 0 Å². The van der Waals surface area contributed by atoms with E-state index < -0.39 is 17.5 Å². The molecule has 1 radical (unpaired) electrons. The van der Waals surface area contributed by atoms with E-state index in [0.717, 1.165) is 12.1 Å². The molecule has 1 aromatic heterocycles. The molecule has 0 N–H and O–H groups in total. The standard InChI is InChI=1S/C9H4F3O/c1-4-9(12)5-2-6(10)7(11)3-8(5)13-4/h2-3H,1H2. The molecule has 0 bridgehead atoms. The maximum Gasteiger partial charge on any atom is 0.172 e. The molecule has 13 heavy (non-hydrogen) atoms. The number of benzene rings is 1. The first-order chi connectivity index (χ1) is 6.09. The van der Waals surface area contributed by atoms with Gasteiger partial charge in [0.2, 0.25) is 0 Å². The van der Waals surface area contributed by atoms with E-state index in [4.69, 9.17) is 4.42 Å². The van der Waals surface area contributed by atoms with Gasteiger partial charge in [-0.15, -0.1) is 0 Å². The molecule has 0 saturated heterocycles. The number of hydrogen-bond acceptors (Lipinski definition) is 1. The molecule has 67 valence electrons. The van der Waals surface area contributed by atoms with Crippen molar-refractivity contribution >= 4 is 11.0 Å². The number of rotatable bonds is 0. The zero-order valence-electron chi connectivity index (χ0n) is 6.40. The van der Waals surface area contributed by atoms with Crippen molar-refractivity contribution in [3.8, 4) is 0 Å². The summed E-state index contributed by atoms with van der Waals surface area (Å²) in [6.45, 7) is 3.23. The van der Waals surface area contributed by atoms with Crippen LogP contribution in [-0.4, -0.2) is 0 Å². The van der Waals surface area contributed by atoms with E-state index in [1.165, 1.54) is 0 Å². The molecule has 0 aliphatic heterocycles. The van der Waals surface area contributed by atoms with Gasteiger partial charge in [0.25, 0.3) is 0 Å². The Balaban J connectivity index is 2.89. The van der Waals surface area contributed by atoms with Gasteiger partial charge in [-0.25, -0.2) is 13.2 Å². The van der Waals surface area contributed by atoms with E-state index >= 15 is 0 Å². The van der Waals surface area contributed by atoms with Crippen LogP contribution in [-0.2, 0) is 0 Å². The van der Waals surface area contributed by atoms with Crippen molar-refractivity contribution in [3.63, 3.8) is 0 Å². The van der Waals surface area contributed by atoms with Crippen molar-refractivity contribution in [1.29, 1.82) is 0 Å². The Morgan fingerprint density at radius 3 is 2.38 bits per heavy atom. The highest BCUT2D eigenvalue weighted by atomic mass is 19.2. The second-order valence-electron chi connectivity index (χ2n) is 2.60. The minimum Gasteiger partial charge on any atom is -0.458 e. The van der Waals surface area contributed by atoms with Gasteiger partial charge >= 0.3 is 0 Å². The van der Waals surface area contributed by atoms with Crippen LogP contribution in [0, 0.1) is 24.4 Å². The highest BCUT2D eigenvalue weighted by molar-refractivity contribution is 5.79. The van der Waals surface area contributed by atoms with Crippen molar-refractivity contribution < 1.29 is 17.6 Å². The van der Waals surface area contributed by atoms with Gasteiger partial charge in [-0.2, -0.15) is 0 Å². The third-order valence-corrected chi connectivity index (χ3v) is 1.74. The largest absolute Gasteiger partial charge is 0.458 e. The maximum atomic E-state index is 13.0. The summed E-state index contributed by atoms with van der Waals surface area (Å²) >= 11 is 0. The molecule has 4 heteroatoms. The molecule has 1 heterocycles. The van der Waals surface area contributed by atoms with Gasteiger partial charge in [0.15, 0.2) is 17.5 Å². The Hall–Kier alpha value is -1.45. The van der Waals surface area contributed by atoms with E-state index in [1.54, 1.807) is 0 Å². The van der Waals surface area contributed by atoms with E-state index in [-0.39, 0.29) is 16.7 Å². The Labute approximate surface area is 71.8 Å². The zero-order chi connectivity index (χ0) is 9.59. The summed E-state index contributed by atoms with van der Waals surface area (Å²) in [6.07, 6.45) is 0. The Morgan fingerprint density at radius 2 is 1.69 bits per heavy atom. The van der Waals surface area contributed by atoms with Gasteiger partial charge in [-0.05, 0) is 6.07 Å². The Bertz CT molecular complexity index is 473. The summed E-state index contributed by atoms with van der Waals surface area (Å²) in [5, 5.41) is -0.0936. The summed E-state index contributed by atoms with van der Waals surface area (Å²) in [5.74, 6) is -3.15. The second-order valence-corrected chi connectivity index (χ2v) is 2.60. The number of furan rings is 1. The van der Waals surface area contributed by atoms with Gasteiger partial charge in [-0.3, -0.25) is 0 Å². The van der Waals surface area contributed by atoms with Crippen LogP contribution in [0.2, 0.25) is 0 Å². The number of hydrogen-bond donors (Lipinski definition) is 0. The lowest BCUT2D eigenvalue weighted by atomic mass is 10.2. The van der Waals surface area contributed by atoms with E-state index in [0.29, 0.717) is 0 Å². The molecule has 0 atom stereocenters. The van der Waals surface area contributed by atoms with Crippen molar-refractivity contribution in [2.75, 3.05) is 0 Å². The minimum atomic E-state index is -1.10. The quantitative estimate of drug-likeness (QED) is 0.614. The van der Waals surface area contributed by atoms with Crippen LogP contribution < -0.4 is 0 Å². The smallest absolute Gasteiger partial charge is 0.172 e. The molecule has 0 fully saturated rings. The molecule has 1 nitrogen and oxygen atoms in total. The van der Waals surface area contributed by atoms with Gasteiger partial charge in [0.1, 0.15) is 11.3 Å². The van der Waals surface area contributed by atoms with Gasteiger partial charge in [0.05, 0.1) is 5.39 Å². The molecule has 0 aliphatic carbocycles. The van der Waals surface area contributed by atoms with Crippen LogP contribution >= 0.6 is 0 Å². The predicted octanol–water partition coefficient (Wildman–Crippen LogP) is 3.03. The molecule has 0 amide bonds. The molecular weight excluding hydrogens is 181 g/mol. The average Bonchev–Trinajstić information content (AvgIpc) is 2.32. The van der Waals surface area contributed by atoms with Gasteiger partial charge in [0, 0.05) is 13.0 Å². The summed E-state index contributed by atoms with van der Waals surface area (Å²) in [6, 6.07) is 1.54. The molecule has 2 aromatic rings. The van der Waals surface area contributed by atoms with Crippen molar-refractivity contribution in [2.24, 2.45) is 0 Å². The molecule has 0 spiro atoms. The lowest BCUT2D eigenvalue weighted by Gasteiger charge is -1.91. The molecule has 0 saturated carbocycles. The van der Waals surface area contributed by atoms with Crippen molar-refractivity contribution in [1.82, 2.24) is 0 Å². The summed E-state index contributed by atoms with van der Waals surface area (Å²) < 4.78 is 43.0. The maximum absolute atomic E-state index is 13.0. The molecular formula is C9H4F3O. The topological polar surface area (TPSA) is 13.1 Å². The van der Waals surface area contributed by atoms with Crippen LogP contribution in [0.25, 0.3) is 11.0 Å². The van der Waals surface area contributed by atoms with Crippen LogP contribution in [0.3, 0.4) is 0 Å². The average molecular weight is 185 g/mol. The monoisotopic (exact) mass is 185 g/mol. The summed E-state index contributed by atoms with van der Waals surface area (Å²) in [7, 11) is 0. The van der Waals surface area contributed by atoms with Crippen molar-refractivity contribution in [3.05, 3.63) is 42.3 Å².